The third-order valence-corrected chi connectivity index (χ3v) is 1.96. The first kappa shape index (κ1) is 12.6. The van der Waals surface area contributed by atoms with Crippen LogP contribution in [0.25, 0.3) is 0 Å². The fourth-order valence-corrected chi connectivity index (χ4v) is 1.31. The zero-order valence-electron chi connectivity index (χ0n) is 9.86. The summed E-state index contributed by atoms with van der Waals surface area (Å²) >= 11 is 0. The molecule has 0 spiro atoms. The number of aliphatic hydroxyl groups excluding tert-OH is 1. The van der Waals surface area contributed by atoms with Crippen molar-refractivity contribution in [3.05, 3.63) is 17.7 Å². The van der Waals surface area contributed by atoms with Crippen LogP contribution >= 0.6 is 0 Å². The Morgan fingerprint density at radius 1 is 1.31 bits per heavy atom. The first-order valence-corrected chi connectivity index (χ1v) is 5.28. The third kappa shape index (κ3) is 3.31. The molecule has 0 bridgehead atoms. The second kappa shape index (κ2) is 5.61. The fraction of sp³-hybridized carbons (Fsp3) is 0.500. The van der Waals surface area contributed by atoms with E-state index >= 15 is 0 Å². The van der Waals surface area contributed by atoms with Gasteiger partial charge in [-0.05, 0) is 32.4 Å². The molecule has 1 aromatic carbocycles. The Kier molecular flexibility index (Phi) is 4.43. The van der Waals surface area contributed by atoms with Gasteiger partial charge in [-0.15, -0.1) is 0 Å². The molecule has 0 atom stereocenters. The molecule has 4 nitrogen and oxygen atoms in total. The maximum atomic E-state index is 9.77. The van der Waals surface area contributed by atoms with Crippen molar-refractivity contribution in [3.8, 4) is 17.2 Å². The first-order chi connectivity index (χ1) is 7.54. The molecule has 0 saturated carbocycles. The van der Waals surface area contributed by atoms with Gasteiger partial charge in [0.2, 0.25) is 0 Å². The first-order valence-electron chi connectivity index (χ1n) is 5.28. The van der Waals surface area contributed by atoms with Crippen molar-refractivity contribution in [1.82, 2.24) is 0 Å². The molecule has 0 saturated heterocycles. The Morgan fingerprint density at radius 2 is 2.00 bits per heavy atom. The molecule has 0 heterocycles. The van der Waals surface area contributed by atoms with E-state index in [1.54, 1.807) is 19.1 Å². The molecule has 0 fully saturated rings. The Bertz CT molecular complexity index is 347. The second-order valence-corrected chi connectivity index (χ2v) is 3.83. The van der Waals surface area contributed by atoms with Gasteiger partial charge in [-0.3, -0.25) is 0 Å². The number of phenolic OH excluding ortho intramolecular Hbond substituents is 1. The van der Waals surface area contributed by atoms with E-state index in [0.29, 0.717) is 17.1 Å². The average Bonchev–Trinajstić information content (AvgIpc) is 2.21. The smallest absolute Gasteiger partial charge is 0.165 e. The molecule has 0 unspecified atom stereocenters. The van der Waals surface area contributed by atoms with Gasteiger partial charge in [0.25, 0.3) is 0 Å². The van der Waals surface area contributed by atoms with E-state index in [-0.39, 0.29) is 25.1 Å². The predicted molar refractivity (Wildman–Crippen MR) is 61.2 cm³/mol. The Balaban J connectivity index is 2.92. The lowest BCUT2D eigenvalue weighted by atomic mass is 10.2. The molecule has 1 aromatic rings. The number of hydrogen-bond donors (Lipinski definition) is 2. The summed E-state index contributed by atoms with van der Waals surface area (Å²) in [4.78, 5) is 0. The summed E-state index contributed by atoms with van der Waals surface area (Å²) in [5, 5.41) is 18.4. The van der Waals surface area contributed by atoms with E-state index in [9.17, 15) is 5.11 Å². The van der Waals surface area contributed by atoms with Crippen molar-refractivity contribution in [2.75, 3.05) is 13.2 Å². The molecule has 16 heavy (non-hydrogen) atoms. The van der Waals surface area contributed by atoms with Crippen LogP contribution in [-0.4, -0.2) is 29.5 Å². The Morgan fingerprint density at radius 3 is 2.56 bits per heavy atom. The van der Waals surface area contributed by atoms with Crippen LogP contribution in [0.1, 0.15) is 19.4 Å². The zero-order valence-corrected chi connectivity index (χ0v) is 9.86. The highest BCUT2D eigenvalue weighted by atomic mass is 16.5. The summed E-state index contributed by atoms with van der Waals surface area (Å²) in [6.07, 6.45) is -0.0154. The summed E-state index contributed by atoms with van der Waals surface area (Å²) in [5.74, 6) is 1.12. The van der Waals surface area contributed by atoms with Crippen LogP contribution in [0, 0.1) is 6.92 Å². The lowest BCUT2D eigenvalue weighted by Gasteiger charge is -2.14. The number of aromatic hydroxyl groups is 1. The van der Waals surface area contributed by atoms with Crippen molar-refractivity contribution < 1.29 is 19.7 Å². The van der Waals surface area contributed by atoms with Crippen LogP contribution < -0.4 is 9.47 Å². The average molecular weight is 226 g/mol. The number of aliphatic hydroxyl groups is 1. The van der Waals surface area contributed by atoms with Gasteiger partial charge >= 0.3 is 0 Å². The number of hydrogen-bond acceptors (Lipinski definition) is 4. The van der Waals surface area contributed by atoms with Crippen LogP contribution in [-0.2, 0) is 0 Å². The van der Waals surface area contributed by atoms with E-state index in [1.807, 2.05) is 13.8 Å². The van der Waals surface area contributed by atoms with Gasteiger partial charge in [0.1, 0.15) is 12.4 Å². The summed E-state index contributed by atoms with van der Waals surface area (Å²) in [5.41, 5.74) is 0.686. The SMILES string of the molecule is Cc1cc(OCCO)cc(OC(C)C)c1O. The van der Waals surface area contributed by atoms with Gasteiger partial charge in [-0.25, -0.2) is 0 Å². The summed E-state index contributed by atoms with van der Waals surface area (Å²) in [6, 6.07) is 3.33. The van der Waals surface area contributed by atoms with Gasteiger partial charge in [0.05, 0.1) is 12.7 Å². The van der Waals surface area contributed by atoms with Crippen LogP contribution in [0.5, 0.6) is 17.2 Å². The zero-order chi connectivity index (χ0) is 12.1. The van der Waals surface area contributed by atoms with Crippen molar-refractivity contribution in [3.63, 3.8) is 0 Å². The lowest BCUT2D eigenvalue weighted by molar-refractivity contribution is 0.198. The molecule has 0 radical (unpaired) electrons. The topological polar surface area (TPSA) is 58.9 Å². The lowest BCUT2D eigenvalue weighted by Crippen LogP contribution is -2.07. The maximum absolute atomic E-state index is 9.77. The molecule has 0 amide bonds. The monoisotopic (exact) mass is 226 g/mol. The predicted octanol–water partition coefficient (Wildman–Crippen LogP) is 1.86. The summed E-state index contributed by atoms with van der Waals surface area (Å²) in [7, 11) is 0. The minimum absolute atomic E-state index is 0.0154. The van der Waals surface area contributed by atoms with Crippen LogP contribution in [0.2, 0.25) is 0 Å². The molecule has 1 rings (SSSR count). The Hall–Kier alpha value is -1.42. The van der Waals surface area contributed by atoms with E-state index in [4.69, 9.17) is 14.6 Å². The number of benzene rings is 1. The largest absolute Gasteiger partial charge is 0.504 e. The number of ether oxygens (including phenoxy) is 2. The highest BCUT2D eigenvalue weighted by Gasteiger charge is 2.10. The van der Waals surface area contributed by atoms with Crippen molar-refractivity contribution in [1.29, 1.82) is 0 Å². The molecule has 0 aliphatic carbocycles. The van der Waals surface area contributed by atoms with E-state index in [2.05, 4.69) is 0 Å². The van der Waals surface area contributed by atoms with Crippen molar-refractivity contribution >= 4 is 0 Å². The van der Waals surface area contributed by atoms with Gasteiger partial charge in [-0.2, -0.15) is 0 Å². The standard InChI is InChI=1S/C12H18O4/c1-8(2)16-11-7-10(15-5-4-13)6-9(3)12(11)14/h6-8,13-14H,4-5H2,1-3H3. The third-order valence-electron chi connectivity index (χ3n) is 1.96. The fourth-order valence-electron chi connectivity index (χ4n) is 1.31. The number of rotatable bonds is 5. The maximum Gasteiger partial charge on any atom is 0.165 e. The number of aryl methyl sites for hydroxylation is 1. The molecule has 0 aliphatic heterocycles. The van der Waals surface area contributed by atoms with E-state index in [0.717, 1.165) is 0 Å². The van der Waals surface area contributed by atoms with Crippen LogP contribution in [0.4, 0.5) is 0 Å². The van der Waals surface area contributed by atoms with Crippen LogP contribution in [0.3, 0.4) is 0 Å². The second-order valence-electron chi connectivity index (χ2n) is 3.83. The van der Waals surface area contributed by atoms with Gasteiger partial charge < -0.3 is 19.7 Å². The highest BCUT2D eigenvalue weighted by Crippen LogP contribution is 2.34. The van der Waals surface area contributed by atoms with Crippen LogP contribution in [0.15, 0.2) is 12.1 Å². The molecule has 4 heteroatoms. The Labute approximate surface area is 95.4 Å². The minimum atomic E-state index is -0.0414. The van der Waals surface area contributed by atoms with Gasteiger partial charge in [-0.1, -0.05) is 0 Å². The molecular weight excluding hydrogens is 208 g/mol. The van der Waals surface area contributed by atoms with Crippen molar-refractivity contribution in [2.24, 2.45) is 0 Å². The summed E-state index contributed by atoms with van der Waals surface area (Å²) < 4.78 is 10.7. The van der Waals surface area contributed by atoms with E-state index in [1.165, 1.54) is 0 Å². The van der Waals surface area contributed by atoms with E-state index < -0.39 is 0 Å². The molecule has 90 valence electrons. The van der Waals surface area contributed by atoms with Gasteiger partial charge in [0.15, 0.2) is 11.5 Å². The minimum Gasteiger partial charge on any atom is -0.504 e. The van der Waals surface area contributed by atoms with Gasteiger partial charge in [0, 0.05) is 6.07 Å². The molecule has 2 N–H and O–H groups in total. The molecular formula is C12H18O4. The molecule has 0 aliphatic rings. The molecule has 0 aromatic heterocycles. The quantitative estimate of drug-likeness (QED) is 0.804. The van der Waals surface area contributed by atoms with Crippen molar-refractivity contribution in [2.45, 2.75) is 26.9 Å². The summed E-state index contributed by atoms with van der Waals surface area (Å²) in [6.45, 7) is 5.73. The highest BCUT2D eigenvalue weighted by molar-refractivity contribution is 5.50. The normalized spacial score (nSPS) is 10.6. The number of phenols is 1.